The van der Waals surface area contributed by atoms with Gasteiger partial charge in [-0.05, 0) is 31.7 Å². The van der Waals surface area contributed by atoms with Gasteiger partial charge in [-0.25, -0.2) is 4.39 Å². The van der Waals surface area contributed by atoms with E-state index >= 15 is 0 Å². The number of piperidine rings is 1. The maximum Gasteiger partial charge on any atom is 0.133 e. The average molecular weight is 247 g/mol. The highest BCUT2D eigenvalue weighted by Gasteiger charge is 2.27. The van der Waals surface area contributed by atoms with E-state index in [1.165, 1.54) is 0 Å². The van der Waals surface area contributed by atoms with Crippen LogP contribution in [0.5, 0.6) is 0 Å². The van der Waals surface area contributed by atoms with Gasteiger partial charge < -0.3 is 15.2 Å². The first kappa shape index (κ1) is 11.5. The number of fused-ring (bicyclic) bond motifs is 1. The number of anilines is 1. The summed E-state index contributed by atoms with van der Waals surface area (Å²) in [5, 5.41) is 4.49. The van der Waals surface area contributed by atoms with Crippen LogP contribution in [0.3, 0.4) is 0 Å². The zero-order chi connectivity index (χ0) is 12.5. The molecule has 1 aromatic heterocycles. The van der Waals surface area contributed by atoms with Crippen LogP contribution < -0.4 is 5.32 Å². The molecule has 2 heterocycles. The van der Waals surface area contributed by atoms with E-state index in [1.54, 1.807) is 0 Å². The van der Waals surface area contributed by atoms with E-state index in [9.17, 15) is 4.39 Å². The van der Waals surface area contributed by atoms with Crippen molar-refractivity contribution < 1.29 is 4.39 Å². The number of rotatable bonds is 2. The fourth-order valence-corrected chi connectivity index (χ4v) is 2.63. The zero-order valence-corrected chi connectivity index (χ0v) is 10.5. The summed E-state index contributed by atoms with van der Waals surface area (Å²) in [5.41, 5.74) is 2.11. The molecule has 4 heteroatoms. The minimum absolute atomic E-state index is 0.0818. The Morgan fingerprint density at radius 2 is 2.28 bits per heavy atom. The summed E-state index contributed by atoms with van der Waals surface area (Å²) in [6, 6.07) is 7.98. The smallest absolute Gasteiger partial charge is 0.133 e. The van der Waals surface area contributed by atoms with Crippen molar-refractivity contribution in [1.82, 2.24) is 9.88 Å². The minimum Gasteiger partial charge on any atom is -0.379 e. The van der Waals surface area contributed by atoms with E-state index < -0.39 is 6.17 Å². The molecule has 3 rings (SSSR count). The van der Waals surface area contributed by atoms with Crippen LogP contribution in [0.2, 0.25) is 0 Å². The van der Waals surface area contributed by atoms with Crippen LogP contribution in [0.25, 0.3) is 10.9 Å². The van der Waals surface area contributed by atoms with Crippen LogP contribution in [0, 0.1) is 0 Å². The lowest BCUT2D eigenvalue weighted by Gasteiger charge is -2.33. The van der Waals surface area contributed by atoms with E-state index in [0.29, 0.717) is 6.54 Å². The van der Waals surface area contributed by atoms with Crippen molar-refractivity contribution in [2.24, 2.45) is 0 Å². The Balaban J connectivity index is 1.82. The molecule has 2 aromatic rings. The summed E-state index contributed by atoms with van der Waals surface area (Å²) < 4.78 is 14.0. The lowest BCUT2D eigenvalue weighted by atomic mass is 10.0. The Morgan fingerprint density at radius 1 is 1.39 bits per heavy atom. The molecule has 2 N–H and O–H groups in total. The van der Waals surface area contributed by atoms with Crippen LogP contribution in [0.4, 0.5) is 10.1 Å². The normalized spacial score (nSPS) is 25.4. The molecule has 18 heavy (non-hydrogen) atoms. The van der Waals surface area contributed by atoms with Crippen LogP contribution in [0.1, 0.15) is 6.42 Å². The molecular formula is C14H18FN3. The lowest BCUT2D eigenvalue weighted by molar-refractivity contribution is 0.149. The van der Waals surface area contributed by atoms with Crippen molar-refractivity contribution in [3.8, 4) is 0 Å². The zero-order valence-electron chi connectivity index (χ0n) is 10.5. The van der Waals surface area contributed by atoms with Crippen molar-refractivity contribution in [1.29, 1.82) is 0 Å². The number of benzene rings is 1. The van der Waals surface area contributed by atoms with Gasteiger partial charge in [0.2, 0.25) is 0 Å². The van der Waals surface area contributed by atoms with Gasteiger partial charge in [0.1, 0.15) is 6.17 Å². The van der Waals surface area contributed by atoms with E-state index in [0.717, 1.165) is 29.6 Å². The van der Waals surface area contributed by atoms with E-state index in [1.807, 2.05) is 42.4 Å². The van der Waals surface area contributed by atoms with Gasteiger partial charge in [-0.1, -0.05) is 6.07 Å². The van der Waals surface area contributed by atoms with E-state index in [4.69, 9.17) is 0 Å². The predicted octanol–water partition coefficient (Wildman–Crippen LogP) is 2.62. The molecule has 3 nitrogen and oxygen atoms in total. The number of halogens is 1. The number of likely N-dealkylation sites (tertiary alicyclic amines) is 1. The highest BCUT2D eigenvalue weighted by Crippen LogP contribution is 2.25. The number of nitrogens with zero attached hydrogens (tertiary/aromatic N) is 1. The second kappa shape index (κ2) is 4.61. The summed E-state index contributed by atoms with van der Waals surface area (Å²) in [4.78, 5) is 5.21. The van der Waals surface area contributed by atoms with E-state index in [2.05, 4.69) is 10.3 Å². The molecule has 1 aliphatic heterocycles. The summed E-state index contributed by atoms with van der Waals surface area (Å²) in [7, 11) is 1.97. The number of hydrogen-bond donors (Lipinski definition) is 2. The van der Waals surface area contributed by atoms with E-state index in [-0.39, 0.29) is 6.04 Å². The highest BCUT2D eigenvalue weighted by atomic mass is 19.1. The van der Waals surface area contributed by atoms with Gasteiger partial charge >= 0.3 is 0 Å². The molecule has 0 amide bonds. The second-order valence-electron chi connectivity index (χ2n) is 5.06. The SMILES string of the molecule is CN1CC[C@H](Nc2cccc3[nH]ccc23)[C@H](F)C1. The molecule has 1 aromatic carbocycles. The largest absolute Gasteiger partial charge is 0.379 e. The van der Waals surface area contributed by atoms with Crippen molar-refractivity contribution in [3.63, 3.8) is 0 Å². The topological polar surface area (TPSA) is 31.1 Å². The molecule has 0 aliphatic carbocycles. The quantitative estimate of drug-likeness (QED) is 0.854. The molecule has 1 aliphatic rings. The molecule has 2 atom stereocenters. The maximum atomic E-state index is 14.0. The predicted molar refractivity (Wildman–Crippen MR) is 72.7 cm³/mol. The van der Waals surface area contributed by atoms with Crippen molar-refractivity contribution in [2.45, 2.75) is 18.6 Å². The lowest BCUT2D eigenvalue weighted by Crippen LogP contribution is -2.46. The van der Waals surface area contributed by atoms with Gasteiger partial charge in [0.05, 0.1) is 6.04 Å². The fraction of sp³-hybridized carbons (Fsp3) is 0.429. The third-order valence-electron chi connectivity index (χ3n) is 3.68. The molecule has 0 unspecified atom stereocenters. The molecule has 0 spiro atoms. The minimum atomic E-state index is -0.807. The number of hydrogen-bond acceptors (Lipinski definition) is 2. The van der Waals surface area contributed by atoms with Gasteiger partial charge in [-0.15, -0.1) is 0 Å². The van der Waals surface area contributed by atoms with Crippen LogP contribution in [-0.2, 0) is 0 Å². The molecule has 0 saturated carbocycles. The summed E-state index contributed by atoms with van der Waals surface area (Å²) in [5.74, 6) is 0. The summed E-state index contributed by atoms with van der Waals surface area (Å²) in [6.45, 7) is 1.46. The van der Waals surface area contributed by atoms with Gasteiger partial charge in [0.15, 0.2) is 0 Å². The number of alkyl halides is 1. The summed E-state index contributed by atoms with van der Waals surface area (Å²) in [6.07, 6.45) is 1.95. The van der Waals surface area contributed by atoms with Crippen LogP contribution in [0.15, 0.2) is 30.5 Å². The number of aromatic nitrogens is 1. The van der Waals surface area contributed by atoms with Gasteiger partial charge in [-0.2, -0.15) is 0 Å². The number of nitrogens with one attached hydrogen (secondary N) is 2. The number of H-pyrrole nitrogens is 1. The highest BCUT2D eigenvalue weighted by molar-refractivity contribution is 5.91. The third-order valence-corrected chi connectivity index (χ3v) is 3.68. The van der Waals surface area contributed by atoms with Crippen LogP contribution >= 0.6 is 0 Å². The number of aromatic amines is 1. The molecule has 0 radical (unpaired) electrons. The van der Waals surface area contributed by atoms with Crippen molar-refractivity contribution in [2.75, 3.05) is 25.5 Å². The molecule has 1 fully saturated rings. The Morgan fingerprint density at radius 3 is 3.11 bits per heavy atom. The van der Waals surface area contributed by atoms with Gasteiger partial charge in [0, 0.05) is 35.9 Å². The average Bonchev–Trinajstić information content (AvgIpc) is 2.82. The Labute approximate surface area is 106 Å². The Bertz CT molecular complexity index is 537. The standard InChI is InChI=1S/C14H18FN3/c1-18-8-6-14(11(15)9-18)17-13-4-2-3-12-10(13)5-7-16-12/h2-5,7,11,14,16-17H,6,8-9H2,1H3/t11-,14+/m1/s1. The fourth-order valence-electron chi connectivity index (χ4n) is 2.63. The second-order valence-corrected chi connectivity index (χ2v) is 5.06. The van der Waals surface area contributed by atoms with Gasteiger partial charge in [-0.3, -0.25) is 0 Å². The molecule has 1 saturated heterocycles. The van der Waals surface area contributed by atoms with Crippen molar-refractivity contribution >= 4 is 16.6 Å². The Hall–Kier alpha value is -1.55. The first-order chi connectivity index (χ1) is 8.74. The summed E-state index contributed by atoms with van der Waals surface area (Å²) >= 11 is 0. The first-order valence-electron chi connectivity index (χ1n) is 6.39. The van der Waals surface area contributed by atoms with Gasteiger partial charge in [0.25, 0.3) is 0 Å². The first-order valence-corrected chi connectivity index (χ1v) is 6.39. The molecule has 0 bridgehead atoms. The van der Waals surface area contributed by atoms with Crippen LogP contribution in [-0.4, -0.2) is 42.2 Å². The Kier molecular flexibility index (Phi) is 2.96. The monoisotopic (exact) mass is 247 g/mol. The third kappa shape index (κ3) is 2.08. The molecule has 96 valence electrons. The molecular weight excluding hydrogens is 229 g/mol. The van der Waals surface area contributed by atoms with Crippen molar-refractivity contribution in [3.05, 3.63) is 30.5 Å². The maximum absolute atomic E-state index is 14.0.